The molecule has 2 atom stereocenters. The maximum Gasteiger partial charge on any atom is 0.122 e. The molecule has 0 saturated carbocycles. The third kappa shape index (κ3) is 2.37. The molecule has 1 aliphatic heterocycles. The van der Waals surface area contributed by atoms with Gasteiger partial charge in [-0.1, -0.05) is 18.2 Å². The first-order chi connectivity index (χ1) is 7.81. The number of hydrogen-bond acceptors (Lipinski definition) is 2. The lowest BCUT2D eigenvalue weighted by atomic mass is 10.0. The number of benzene rings is 1. The third-order valence-corrected chi connectivity index (χ3v) is 2.94. The van der Waals surface area contributed by atoms with Gasteiger partial charge in [0.15, 0.2) is 0 Å². The second-order valence-corrected chi connectivity index (χ2v) is 4.26. The van der Waals surface area contributed by atoms with Gasteiger partial charge in [0.05, 0.1) is 6.61 Å². The highest BCUT2D eigenvalue weighted by molar-refractivity contribution is 5.39. The fourth-order valence-electron chi connectivity index (χ4n) is 1.99. The highest BCUT2D eigenvalue weighted by atomic mass is 16.5. The van der Waals surface area contributed by atoms with Crippen LogP contribution in [0.5, 0.6) is 5.75 Å². The van der Waals surface area contributed by atoms with Gasteiger partial charge in [-0.3, -0.25) is 0 Å². The fraction of sp³-hybridized carbons (Fsp3) is 0.429. The predicted molar refractivity (Wildman–Crippen MR) is 65.6 cm³/mol. The predicted octanol–water partition coefficient (Wildman–Crippen LogP) is 2.16. The van der Waals surface area contributed by atoms with Gasteiger partial charge in [-0.2, -0.15) is 0 Å². The molecule has 1 aromatic rings. The summed E-state index contributed by atoms with van der Waals surface area (Å²) in [6, 6.07) is 8.61. The summed E-state index contributed by atoms with van der Waals surface area (Å²) < 4.78 is 5.62. The van der Waals surface area contributed by atoms with Gasteiger partial charge < -0.3 is 10.1 Å². The summed E-state index contributed by atoms with van der Waals surface area (Å²) in [7, 11) is 0. The van der Waals surface area contributed by atoms with E-state index in [2.05, 4.69) is 30.3 Å². The lowest BCUT2D eigenvalue weighted by Gasteiger charge is -2.14. The standard InChI is InChI=1S/C14H17NO/c1-3-6-11(2)15-9-12-10-16-14-8-5-4-7-13(12)14/h1,4-5,7-8,11-12,15H,6,9-10H2,2H3. The molecule has 0 saturated heterocycles. The molecular weight excluding hydrogens is 198 g/mol. The number of nitrogens with one attached hydrogen (secondary N) is 1. The molecule has 16 heavy (non-hydrogen) atoms. The molecule has 84 valence electrons. The fourth-order valence-corrected chi connectivity index (χ4v) is 1.99. The van der Waals surface area contributed by atoms with E-state index in [1.54, 1.807) is 0 Å². The van der Waals surface area contributed by atoms with Crippen LogP contribution in [0.3, 0.4) is 0 Å². The Kier molecular flexibility index (Phi) is 3.48. The number of hydrogen-bond donors (Lipinski definition) is 1. The van der Waals surface area contributed by atoms with Gasteiger partial charge in [-0.15, -0.1) is 12.3 Å². The normalized spacial score (nSPS) is 19.6. The minimum atomic E-state index is 0.373. The molecule has 1 N–H and O–H groups in total. The van der Waals surface area contributed by atoms with Gasteiger partial charge in [0, 0.05) is 30.5 Å². The molecule has 0 bridgehead atoms. The van der Waals surface area contributed by atoms with Crippen molar-refractivity contribution in [3.05, 3.63) is 29.8 Å². The van der Waals surface area contributed by atoms with Crippen molar-refractivity contribution in [2.24, 2.45) is 0 Å². The molecule has 1 aromatic carbocycles. The molecule has 2 unspecified atom stereocenters. The van der Waals surface area contributed by atoms with E-state index >= 15 is 0 Å². The Morgan fingerprint density at radius 1 is 1.56 bits per heavy atom. The summed E-state index contributed by atoms with van der Waals surface area (Å²) in [6.07, 6.45) is 6.05. The SMILES string of the molecule is C#CCC(C)NCC1COc2ccccc21. The Hall–Kier alpha value is -1.46. The number of fused-ring (bicyclic) bond motifs is 1. The molecule has 2 rings (SSSR count). The van der Waals surface area contributed by atoms with Gasteiger partial charge >= 0.3 is 0 Å². The Morgan fingerprint density at radius 2 is 2.38 bits per heavy atom. The second-order valence-electron chi connectivity index (χ2n) is 4.26. The highest BCUT2D eigenvalue weighted by Crippen LogP contribution is 2.32. The van der Waals surface area contributed by atoms with Crippen LogP contribution in [0.4, 0.5) is 0 Å². The average Bonchev–Trinajstić information content (AvgIpc) is 2.70. The number of rotatable bonds is 4. The zero-order valence-electron chi connectivity index (χ0n) is 9.57. The second kappa shape index (κ2) is 5.05. The van der Waals surface area contributed by atoms with Crippen molar-refractivity contribution in [2.45, 2.75) is 25.3 Å². The van der Waals surface area contributed by atoms with Crippen LogP contribution in [0.1, 0.15) is 24.8 Å². The van der Waals surface area contributed by atoms with Gasteiger partial charge in [-0.25, -0.2) is 0 Å². The topological polar surface area (TPSA) is 21.3 Å². The molecule has 0 amide bonds. The molecule has 2 heteroatoms. The Labute approximate surface area is 97.0 Å². The van der Waals surface area contributed by atoms with Gasteiger partial charge in [0.25, 0.3) is 0 Å². The monoisotopic (exact) mass is 215 g/mol. The molecule has 0 aromatic heterocycles. The third-order valence-electron chi connectivity index (χ3n) is 2.94. The van der Waals surface area contributed by atoms with Crippen LogP contribution in [-0.2, 0) is 0 Å². The van der Waals surface area contributed by atoms with Crippen LogP contribution in [-0.4, -0.2) is 19.2 Å². The Morgan fingerprint density at radius 3 is 3.19 bits per heavy atom. The maximum atomic E-state index is 5.62. The largest absolute Gasteiger partial charge is 0.493 e. The van der Waals surface area contributed by atoms with Crippen molar-refractivity contribution in [2.75, 3.05) is 13.2 Å². The first-order valence-corrected chi connectivity index (χ1v) is 5.70. The Bertz CT molecular complexity index is 394. The van der Waals surface area contributed by atoms with E-state index in [4.69, 9.17) is 11.2 Å². The molecule has 0 spiro atoms. The number of para-hydroxylation sites is 1. The summed E-state index contributed by atoms with van der Waals surface area (Å²) in [5.41, 5.74) is 1.31. The lowest BCUT2D eigenvalue weighted by Crippen LogP contribution is -2.30. The molecule has 0 fully saturated rings. The highest BCUT2D eigenvalue weighted by Gasteiger charge is 2.23. The van der Waals surface area contributed by atoms with Crippen LogP contribution in [0.15, 0.2) is 24.3 Å². The van der Waals surface area contributed by atoms with Gasteiger partial charge in [0.2, 0.25) is 0 Å². The van der Waals surface area contributed by atoms with E-state index in [1.807, 2.05) is 12.1 Å². The summed E-state index contributed by atoms with van der Waals surface area (Å²) in [4.78, 5) is 0. The van der Waals surface area contributed by atoms with E-state index in [9.17, 15) is 0 Å². The van der Waals surface area contributed by atoms with Crippen molar-refractivity contribution in [1.82, 2.24) is 5.32 Å². The molecule has 1 aliphatic rings. The average molecular weight is 215 g/mol. The van der Waals surface area contributed by atoms with Gasteiger partial charge in [0.1, 0.15) is 5.75 Å². The molecule has 0 aliphatic carbocycles. The smallest absolute Gasteiger partial charge is 0.122 e. The minimum Gasteiger partial charge on any atom is -0.493 e. The van der Waals surface area contributed by atoms with E-state index < -0.39 is 0 Å². The zero-order valence-corrected chi connectivity index (χ0v) is 9.57. The summed E-state index contributed by atoms with van der Waals surface area (Å²) in [5, 5.41) is 3.44. The zero-order chi connectivity index (χ0) is 11.4. The van der Waals surface area contributed by atoms with Crippen molar-refractivity contribution >= 4 is 0 Å². The van der Waals surface area contributed by atoms with Gasteiger partial charge in [-0.05, 0) is 13.0 Å². The van der Waals surface area contributed by atoms with E-state index in [1.165, 1.54) is 5.56 Å². The van der Waals surface area contributed by atoms with Crippen molar-refractivity contribution < 1.29 is 4.74 Å². The lowest BCUT2D eigenvalue weighted by molar-refractivity contribution is 0.323. The minimum absolute atomic E-state index is 0.373. The van der Waals surface area contributed by atoms with E-state index in [0.717, 1.165) is 25.3 Å². The number of terminal acetylenes is 1. The first-order valence-electron chi connectivity index (χ1n) is 5.70. The van der Waals surface area contributed by atoms with Crippen molar-refractivity contribution in [3.63, 3.8) is 0 Å². The summed E-state index contributed by atoms with van der Waals surface area (Å²) in [5.74, 6) is 4.15. The van der Waals surface area contributed by atoms with Crippen LogP contribution in [0.2, 0.25) is 0 Å². The van der Waals surface area contributed by atoms with Crippen molar-refractivity contribution in [1.29, 1.82) is 0 Å². The first kappa shape index (κ1) is 11.0. The maximum absolute atomic E-state index is 5.62. The van der Waals surface area contributed by atoms with Crippen LogP contribution < -0.4 is 10.1 Å². The van der Waals surface area contributed by atoms with Crippen molar-refractivity contribution in [3.8, 4) is 18.1 Å². The quantitative estimate of drug-likeness (QED) is 0.777. The molecule has 2 nitrogen and oxygen atoms in total. The van der Waals surface area contributed by atoms with Crippen LogP contribution in [0, 0.1) is 12.3 Å². The van der Waals surface area contributed by atoms with Crippen LogP contribution in [0.25, 0.3) is 0 Å². The number of ether oxygens (including phenoxy) is 1. The summed E-state index contributed by atoms with van der Waals surface area (Å²) in [6.45, 7) is 3.82. The molecular formula is C14H17NO. The summed E-state index contributed by atoms with van der Waals surface area (Å²) >= 11 is 0. The van der Waals surface area contributed by atoms with E-state index in [-0.39, 0.29) is 0 Å². The molecule has 1 heterocycles. The van der Waals surface area contributed by atoms with E-state index in [0.29, 0.717) is 12.0 Å². The molecule has 0 radical (unpaired) electrons. The van der Waals surface area contributed by atoms with Crippen LogP contribution >= 0.6 is 0 Å². The Balaban J connectivity index is 1.91.